The minimum absolute atomic E-state index is 0.309. The molecule has 1 saturated heterocycles. The number of rotatable bonds is 3. The quantitative estimate of drug-likeness (QED) is 0.893. The fourth-order valence-corrected chi connectivity index (χ4v) is 2.33. The Morgan fingerprint density at radius 3 is 2.57 bits per heavy atom. The molecule has 7 heteroatoms. The Hall–Kier alpha value is -2.44. The number of Topliss-reactive ketones (excluding diaryl/α,β-unsaturated/α-hetero) is 1. The third-order valence-corrected chi connectivity index (χ3v) is 3.41. The minimum Gasteiger partial charge on any atom is -0.340 e. The van der Waals surface area contributed by atoms with Gasteiger partial charge in [-0.3, -0.25) is 9.89 Å². The molecule has 1 aliphatic rings. The first kappa shape index (κ1) is 13.5. The van der Waals surface area contributed by atoms with E-state index in [9.17, 15) is 4.79 Å². The van der Waals surface area contributed by atoms with Crippen molar-refractivity contribution in [1.82, 2.24) is 20.2 Å². The largest absolute Gasteiger partial charge is 0.340 e. The van der Waals surface area contributed by atoms with Gasteiger partial charge in [-0.05, 0) is 13.8 Å². The zero-order valence-corrected chi connectivity index (χ0v) is 12.2. The molecule has 7 nitrogen and oxygen atoms in total. The summed E-state index contributed by atoms with van der Waals surface area (Å²) in [5, 5.41) is 10.2. The van der Waals surface area contributed by atoms with Crippen LogP contribution in [0, 0.1) is 13.8 Å². The Balaban J connectivity index is 1.80. The van der Waals surface area contributed by atoms with Crippen molar-refractivity contribution in [3.63, 3.8) is 0 Å². The van der Waals surface area contributed by atoms with E-state index in [4.69, 9.17) is 0 Å². The SMILES string of the molecule is Cc1cc(Nc2cc(C)[nH]n2)nc(N2CCC(=O)CC2)n1. The smallest absolute Gasteiger partial charge is 0.227 e. The Bertz CT molecular complexity index is 655. The minimum atomic E-state index is 0.309. The molecular formula is C14H18N6O. The first-order chi connectivity index (χ1) is 10.1. The van der Waals surface area contributed by atoms with E-state index in [2.05, 4.69) is 30.4 Å². The summed E-state index contributed by atoms with van der Waals surface area (Å²) in [7, 11) is 0. The highest BCUT2D eigenvalue weighted by Crippen LogP contribution is 2.19. The van der Waals surface area contributed by atoms with Crippen molar-refractivity contribution in [3.8, 4) is 0 Å². The number of hydrogen-bond donors (Lipinski definition) is 2. The number of ketones is 1. The average molecular weight is 286 g/mol. The summed E-state index contributed by atoms with van der Waals surface area (Å²) in [5.41, 5.74) is 1.87. The van der Waals surface area contributed by atoms with Gasteiger partial charge in [-0.25, -0.2) is 4.98 Å². The highest BCUT2D eigenvalue weighted by atomic mass is 16.1. The van der Waals surface area contributed by atoms with Crippen molar-refractivity contribution in [1.29, 1.82) is 0 Å². The van der Waals surface area contributed by atoms with Gasteiger partial charge in [-0.1, -0.05) is 0 Å². The molecule has 2 N–H and O–H groups in total. The van der Waals surface area contributed by atoms with Crippen molar-refractivity contribution >= 4 is 23.4 Å². The standard InChI is InChI=1S/C14H18N6O/c1-9-7-12(16-13-8-10(2)18-19-13)17-14(15-9)20-5-3-11(21)4-6-20/h7-8H,3-6H2,1-2H3,(H2,15,16,17,18,19). The second-order valence-corrected chi connectivity index (χ2v) is 5.28. The molecule has 0 spiro atoms. The van der Waals surface area contributed by atoms with E-state index >= 15 is 0 Å². The number of carbonyl (C=O) groups is 1. The fourth-order valence-electron chi connectivity index (χ4n) is 2.33. The van der Waals surface area contributed by atoms with Crippen molar-refractivity contribution < 1.29 is 4.79 Å². The van der Waals surface area contributed by atoms with E-state index in [0.717, 1.165) is 17.2 Å². The van der Waals surface area contributed by atoms with Crippen LogP contribution in [0.3, 0.4) is 0 Å². The first-order valence-corrected chi connectivity index (χ1v) is 7.01. The number of piperidine rings is 1. The summed E-state index contributed by atoms with van der Waals surface area (Å²) < 4.78 is 0. The second-order valence-electron chi connectivity index (χ2n) is 5.28. The topological polar surface area (TPSA) is 86.8 Å². The molecule has 3 rings (SSSR count). The van der Waals surface area contributed by atoms with E-state index in [1.165, 1.54) is 0 Å². The lowest BCUT2D eigenvalue weighted by Gasteiger charge is -2.26. The monoisotopic (exact) mass is 286 g/mol. The molecule has 0 aliphatic carbocycles. The number of aromatic nitrogens is 4. The van der Waals surface area contributed by atoms with Crippen LogP contribution in [0.25, 0.3) is 0 Å². The highest BCUT2D eigenvalue weighted by molar-refractivity contribution is 5.80. The second kappa shape index (κ2) is 5.51. The highest BCUT2D eigenvalue weighted by Gasteiger charge is 2.19. The summed E-state index contributed by atoms with van der Waals surface area (Å²) in [6, 6.07) is 3.79. The van der Waals surface area contributed by atoms with Crippen molar-refractivity contribution in [3.05, 3.63) is 23.5 Å². The van der Waals surface area contributed by atoms with Gasteiger partial charge >= 0.3 is 0 Å². The molecular weight excluding hydrogens is 268 g/mol. The van der Waals surface area contributed by atoms with Crippen molar-refractivity contribution in [2.24, 2.45) is 0 Å². The van der Waals surface area contributed by atoms with Crippen LogP contribution >= 0.6 is 0 Å². The zero-order chi connectivity index (χ0) is 14.8. The number of aromatic amines is 1. The van der Waals surface area contributed by atoms with Gasteiger partial charge in [0.05, 0.1) is 0 Å². The van der Waals surface area contributed by atoms with Crippen LogP contribution in [0.4, 0.5) is 17.6 Å². The Morgan fingerprint density at radius 2 is 1.90 bits per heavy atom. The normalized spacial score (nSPS) is 15.3. The van der Waals surface area contributed by atoms with E-state index in [1.807, 2.05) is 26.0 Å². The van der Waals surface area contributed by atoms with Gasteiger partial charge in [0.25, 0.3) is 0 Å². The molecule has 0 bridgehead atoms. The summed E-state index contributed by atoms with van der Waals surface area (Å²) >= 11 is 0. The first-order valence-electron chi connectivity index (χ1n) is 7.01. The zero-order valence-electron chi connectivity index (χ0n) is 12.2. The lowest BCUT2D eigenvalue weighted by molar-refractivity contribution is -0.119. The maximum Gasteiger partial charge on any atom is 0.227 e. The molecule has 0 saturated carbocycles. The summed E-state index contributed by atoms with van der Waals surface area (Å²) in [4.78, 5) is 22.4. The third-order valence-electron chi connectivity index (χ3n) is 3.41. The molecule has 1 aliphatic heterocycles. The Morgan fingerprint density at radius 1 is 1.14 bits per heavy atom. The van der Waals surface area contributed by atoms with Crippen molar-refractivity contribution in [2.75, 3.05) is 23.3 Å². The molecule has 0 atom stereocenters. The Kier molecular flexibility index (Phi) is 3.55. The number of hydrogen-bond acceptors (Lipinski definition) is 6. The summed E-state index contributed by atoms with van der Waals surface area (Å²) in [5.74, 6) is 2.41. The van der Waals surface area contributed by atoms with Gasteiger partial charge in [0.2, 0.25) is 5.95 Å². The third kappa shape index (κ3) is 3.18. The van der Waals surface area contributed by atoms with E-state index in [1.54, 1.807) is 0 Å². The molecule has 0 radical (unpaired) electrons. The van der Waals surface area contributed by atoms with Gasteiger partial charge in [0.15, 0.2) is 5.82 Å². The maximum absolute atomic E-state index is 11.3. The fraction of sp³-hybridized carbons (Fsp3) is 0.429. The summed E-state index contributed by atoms with van der Waals surface area (Å²) in [6.07, 6.45) is 1.14. The van der Waals surface area contributed by atoms with Crippen LogP contribution in [0.15, 0.2) is 12.1 Å². The Labute approximate surface area is 122 Å². The molecule has 110 valence electrons. The molecule has 2 aromatic heterocycles. The van der Waals surface area contributed by atoms with Crippen LogP contribution in [-0.2, 0) is 4.79 Å². The predicted molar refractivity (Wildman–Crippen MR) is 79.8 cm³/mol. The lowest BCUT2D eigenvalue weighted by Crippen LogP contribution is -2.35. The molecule has 3 heterocycles. The van der Waals surface area contributed by atoms with E-state index < -0.39 is 0 Å². The molecule has 21 heavy (non-hydrogen) atoms. The van der Waals surface area contributed by atoms with Crippen LogP contribution < -0.4 is 10.2 Å². The molecule has 0 unspecified atom stereocenters. The molecule has 0 amide bonds. The van der Waals surface area contributed by atoms with Crippen LogP contribution in [-0.4, -0.2) is 39.0 Å². The van der Waals surface area contributed by atoms with Gasteiger partial charge < -0.3 is 10.2 Å². The molecule has 1 fully saturated rings. The van der Waals surface area contributed by atoms with Crippen LogP contribution in [0.5, 0.6) is 0 Å². The number of nitrogens with one attached hydrogen (secondary N) is 2. The van der Waals surface area contributed by atoms with Gasteiger partial charge in [-0.15, -0.1) is 0 Å². The number of carbonyl (C=O) groups excluding carboxylic acids is 1. The maximum atomic E-state index is 11.3. The molecule has 0 aromatic carbocycles. The van der Waals surface area contributed by atoms with Gasteiger partial charge in [0.1, 0.15) is 11.6 Å². The van der Waals surface area contributed by atoms with Gasteiger partial charge in [0, 0.05) is 49.5 Å². The van der Waals surface area contributed by atoms with Gasteiger partial charge in [-0.2, -0.15) is 10.1 Å². The predicted octanol–water partition coefficient (Wildman–Crippen LogP) is 1.73. The number of nitrogens with zero attached hydrogens (tertiary/aromatic N) is 4. The van der Waals surface area contributed by atoms with Crippen LogP contribution in [0.1, 0.15) is 24.2 Å². The average Bonchev–Trinajstić information content (AvgIpc) is 2.84. The molecule has 2 aromatic rings. The lowest BCUT2D eigenvalue weighted by atomic mass is 10.1. The number of aryl methyl sites for hydroxylation is 2. The number of anilines is 3. The van der Waals surface area contributed by atoms with E-state index in [0.29, 0.717) is 43.5 Å². The van der Waals surface area contributed by atoms with Crippen LogP contribution in [0.2, 0.25) is 0 Å². The summed E-state index contributed by atoms with van der Waals surface area (Å²) in [6.45, 7) is 5.24. The van der Waals surface area contributed by atoms with Crippen molar-refractivity contribution in [2.45, 2.75) is 26.7 Å². The van der Waals surface area contributed by atoms with E-state index in [-0.39, 0.29) is 0 Å². The number of H-pyrrole nitrogens is 1.